The van der Waals surface area contributed by atoms with E-state index >= 15 is 0 Å². The zero-order valence-corrected chi connectivity index (χ0v) is 16.1. The standard InChI is InChI=1S/C20H17F2N7O/c1-27-16-11-24-17(14-10-25-28-7-4-12(9-23)8-15(14)28)26-18(16)29(19(27)30)13-2-5-20(21,22)6-3-13/h4,7-8,10-11,13H,2-3,5-6H2,1H3. The van der Waals surface area contributed by atoms with Gasteiger partial charge >= 0.3 is 5.69 Å². The van der Waals surface area contributed by atoms with E-state index in [1.165, 1.54) is 9.13 Å². The van der Waals surface area contributed by atoms with Crippen LogP contribution < -0.4 is 5.69 Å². The Kier molecular flexibility index (Phi) is 3.96. The number of pyridine rings is 1. The first-order chi connectivity index (χ1) is 14.4. The summed E-state index contributed by atoms with van der Waals surface area (Å²) in [6, 6.07) is 5.11. The molecule has 30 heavy (non-hydrogen) atoms. The first-order valence-electron chi connectivity index (χ1n) is 9.57. The number of alkyl halides is 2. The molecular formula is C20H17F2N7O. The molecule has 0 aliphatic heterocycles. The van der Waals surface area contributed by atoms with Gasteiger partial charge in [-0.25, -0.2) is 28.1 Å². The number of rotatable bonds is 2. The van der Waals surface area contributed by atoms with Crippen molar-refractivity contribution in [3.63, 3.8) is 0 Å². The van der Waals surface area contributed by atoms with E-state index in [9.17, 15) is 18.8 Å². The molecule has 4 heterocycles. The normalized spacial score (nSPS) is 16.9. The minimum atomic E-state index is -2.68. The molecule has 4 aromatic rings. The fourth-order valence-electron chi connectivity index (χ4n) is 4.10. The molecule has 0 aromatic carbocycles. The molecule has 1 aliphatic carbocycles. The summed E-state index contributed by atoms with van der Waals surface area (Å²) in [6.45, 7) is 0. The average Bonchev–Trinajstić information content (AvgIpc) is 3.27. The van der Waals surface area contributed by atoms with Gasteiger partial charge in [-0.05, 0) is 25.0 Å². The highest BCUT2D eigenvalue weighted by Gasteiger charge is 2.37. The second kappa shape index (κ2) is 6.45. The van der Waals surface area contributed by atoms with Crippen LogP contribution in [0.2, 0.25) is 0 Å². The topological polar surface area (TPSA) is 93.8 Å². The average molecular weight is 409 g/mol. The minimum Gasteiger partial charge on any atom is -0.292 e. The van der Waals surface area contributed by atoms with E-state index in [2.05, 4.69) is 21.1 Å². The van der Waals surface area contributed by atoms with E-state index in [1.54, 1.807) is 42.3 Å². The van der Waals surface area contributed by atoms with Crippen LogP contribution >= 0.6 is 0 Å². The number of nitrogens with zero attached hydrogens (tertiary/aromatic N) is 7. The molecule has 0 radical (unpaired) electrons. The van der Waals surface area contributed by atoms with Crippen molar-refractivity contribution in [1.29, 1.82) is 5.26 Å². The number of halogens is 2. The molecule has 8 nitrogen and oxygen atoms in total. The molecule has 0 atom stereocenters. The lowest BCUT2D eigenvalue weighted by Gasteiger charge is -2.28. The summed E-state index contributed by atoms with van der Waals surface area (Å²) in [5.41, 5.74) is 2.42. The van der Waals surface area contributed by atoms with Gasteiger partial charge in [0.25, 0.3) is 0 Å². The van der Waals surface area contributed by atoms with Crippen molar-refractivity contribution in [2.24, 2.45) is 7.05 Å². The Labute approximate surface area is 169 Å². The largest absolute Gasteiger partial charge is 0.330 e. The lowest BCUT2D eigenvalue weighted by atomic mass is 9.92. The highest BCUT2D eigenvalue weighted by molar-refractivity contribution is 5.80. The lowest BCUT2D eigenvalue weighted by molar-refractivity contribution is -0.0439. The van der Waals surface area contributed by atoms with Crippen molar-refractivity contribution >= 4 is 16.7 Å². The molecule has 1 fully saturated rings. The van der Waals surface area contributed by atoms with Gasteiger partial charge in [0.15, 0.2) is 11.5 Å². The van der Waals surface area contributed by atoms with Crippen LogP contribution in [0.4, 0.5) is 8.78 Å². The Balaban J connectivity index is 1.66. The van der Waals surface area contributed by atoms with Gasteiger partial charge in [0, 0.05) is 32.1 Å². The van der Waals surface area contributed by atoms with Crippen molar-refractivity contribution < 1.29 is 8.78 Å². The number of imidazole rings is 1. The van der Waals surface area contributed by atoms with Gasteiger partial charge in [0.05, 0.1) is 35.1 Å². The zero-order chi connectivity index (χ0) is 21.0. The second-order valence-corrected chi connectivity index (χ2v) is 7.62. The maximum absolute atomic E-state index is 13.6. The fraction of sp³-hybridized carbons (Fsp3) is 0.350. The quantitative estimate of drug-likeness (QED) is 0.507. The number of nitriles is 1. The maximum Gasteiger partial charge on any atom is 0.330 e. The molecule has 1 saturated carbocycles. The highest BCUT2D eigenvalue weighted by atomic mass is 19.3. The Morgan fingerprint density at radius 3 is 2.73 bits per heavy atom. The van der Waals surface area contributed by atoms with Gasteiger partial charge in [0.1, 0.15) is 5.52 Å². The molecule has 0 saturated heterocycles. The van der Waals surface area contributed by atoms with E-state index in [0.717, 1.165) is 0 Å². The van der Waals surface area contributed by atoms with Crippen molar-refractivity contribution in [2.75, 3.05) is 0 Å². The van der Waals surface area contributed by atoms with Gasteiger partial charge < -0.3 is 0 Å². The molecule has 4 aromatic heterocycles. The summed E-state index contributed by atoms with van der Waals surface area (Å²) in [6.07, 6.45) is 4.78. The van der Waals surface area contributed by atoms with Crippen LogP contribution in [0, 0.1) is 11.3 Å². The molecule has 0 amide bonds. The number of fused-ring (bicyclic) bond motifs is 2. The highest BCUT2D eigenvalue weighted by Crippen LogP contribution is 2.38. The summed E-state index contributed by atoms with van der Waals surface area (Å²) in [5, 5.41) is 13.5. The van der Waals surface area contributed by atoms with Crippen molar-refractivity contribution in [2.45, 2.75) is 37.6 Å². The summed E-state index contributed by atoms with van der Waals surface area (Å²) in [7, 11) is 1.62. The second-order valence-electron chi connectivity index (χ2n) is 7.62. The first-order valence-corrected chi connectivity index (χ1v) is 9.57. The predicted octanol–water partition coefficient (Wildman–Crippen LogP) is 3.07. The van der Waals surface area contributed by atoms with Crippen LogP contribution in [0.5, 0.6) is 0 Å². The van der Waals surface area contributed by atoms with E-state index in [-0.39, 0.29) is 37.4 Å². The van der Waals surface area contributed by atoms with Gasteiger partial charge in [-0.2, -0.15) is 10.4 Å². The van der Waals surface area contributed by atoms with Gasteiger partial charge in [-0.15, -0.1) is 0 Å². The molecule has 5 rings (SSSR count). The molecule has 1 aliphatic rings. The number of aromatic nitrogens is 6. The molecule has 10 heteroatoms. The molecule has 0 bridgehead atoms. The Morgan fingerprint density at radius 1 is 1.23 bits per heavy atom. The van der Waals surface area contributed by atoms with E-state index in [1.807, 2.05) is 0 Å². The lowest BCUT2D eigenvalue weighted by Crippen LogP contribution is -2.32. The molecular weight excluding hydrogens is 392 g/mol. The van der Waals surface area contributed by atoms with Crippen LogP contribution in [0.3, 0.4) is 0 Å². The number of aryl methyl sites for hydroxylation is 1. The third-order valence-electron chi connectivity index (χ3n) is 5.78. The van der Waals surface area contributed by atoms with Crippen molar-refractivity contribution in [3.8, 4) is 17.5 Å². The van der Waals surface area contributed by atoms with Crippen LogP contribution in [0.1, 0.15) is 37.3 Å². The maximum atomic E-state index is 13.6. The molecule has 0 spiro atoms. The summed E-state index contributed by atoms with van der Waals surface area (Å²) >= 11 is 0. The summed E-state index contributed by atoms with van der Waals surface area (Å²) < 4.78 is 31.8. The van der Waals surface area contributed by atoms with Gasteiger partial charge in [-0.1, -0.05) is 0 Å². The van der Waals surface area contributed by atoms with Gasteiger partial charge in [0.2, 0.25) is 5.92 Å². The monoisotopic (exact) mass is 409 g/mol. The van der Waals surface area contributed by atoms with E-state index in [4.69, 9.17) is 0 Å². The predicted molar refractivity (Wildman–Crippen MR) is 104 cm³/mol. The summed E-state index contributed by atoms with van der Waals surface area (Å²) in [5.74, 6) is -2.33. The SMILES string of the molecule is Cn1c(=O)n(C2CCC(F)(F)CC2)c2nc(-c3cnn4ccc(C#N)cc34)ncc21. The van der Waals surface area contributed by atoms with E-state index in [0.29, 0.717) is 33.6 Å². The summed E-state index contributed by atoms with van der Waals surface area (Å²) in [4.78, 5) is 21.9. The number of hydrogen-bond donors (Lipinski definition) is 0. The third kappa shape index (κ3) is 2.77. The van der Waals surface area contributed by atoms with Gasteiger partial charge in [-0.3, -0.25) is 9.13 Å². The number of hydrogen-bond acceptors (Lipinski definition) is 5. The Morgan fingerprint density at radius 2 is 2.00 bits per heavy atom. The van der Waals surface area contributed by atoms with Crippen LogP contribution in [-0.4, -0.2) is 34.6 Å². The van der Waals surface area contributed by atoms with Crippen molar-refractivity contribution in [3.05, 3.63) is 46.8 Å². The van der Waals surface area contributed by atoms with E-state index < -0.39 is 5.92 Å². The van der Waals surface area contributed by atoms with Crippen LogP contribution in [-0.2, 0) is 7.05 Å². The first kappa shape index (κ1) is 18.4. The molecule has 0 unspecified atom stereocenters. The minimum absolute atomic E-state index is 0.216. The zero-order valence-electron chi connectivity index (χ0n) is 16.1. The molecule has 0 N–H and O–H groups in total. The van der Waals surface area contributed by atoms with Crippen molar-refractivity contribution in [1.82, 2.24) is 28.7 Å². The Hall–Kier alpha value is -3.61. The van der Waals surface area contributed by atoms with Crippen LogP contribution in [0.25, 0.3) is 28.1 Å². The third-order valence-corrected chi connectivity index (χ3v) is 5.78. The fourth-order valence-corrected chi connectivity index (χ4v) is 4.10. The smallest absolute Gasteiger partial charge is 0.292 e. The van der Waals surface area contributed by atoms with Crippen LogP contribution in [0.15, 0.2) is 35.5 Å². The molecule has 152 valence electrons. The Bertz CT molecular complexity index is 1380.